The molecular formula is C11H21N5. The summed E-state index contributed by atoms with van der Waals surface area (Å²) in [6.07, 6.45) is 0. The van der Waals surface area contributed by atoms with Gasteiger partial charge in [-0.15, -0.1) is 0 Å². The number of hydrogen-bond donors (Lipinski definition) is 2. The van der Waals surface area contributed by atoms with Crippen molar-refractivity contribution >= 4 is 11.6 Å². The van der Waals surface area contributed by atoms with Gasteiger partial charge in [-0.2, -0.15) is 0 Å². The number of rotatable bonds is 5. The largest absolute Gasteiger partial charge is 0.370 e. The summed E-state index contributed by atoms with van der Waals surface area (Å²) in [5.74, 6) is 2.86. The van der Waals surface area contributed by atoms with E-state index in [1.807, 2.05) is 25.2 Å². The number of hydrogen-bond acceptors (Lipinski definition) is 5. The fraction of sp³-hybridized carbons (Fsp3) is 0.636. The number of nitrogens with zero attached hydrogens (tertiary/aromatic N) is 3. The second kappa shape index (κ2) is 5.65. The van der Waals surface area contributed by atoms with Crippen molar-refractivity contribution in [3.8, 4) is 0 Å². The van der Waals surface area contributed by atoms with Crippen LogP contribution in [0.5, 0.6) is 0 Å². The zero-order chi connectivity index (χ0) is 12.1. The normalized spacial score (nSPS) is 10.9. The van der Waals surface area contributed by atoms with Gasteiger partial charge in [0.1, 0.15) is 17.5 Å². The Morgan fingerprint density at radius 2 is 1.88 bits per heavy atom. The molecule has 5 nitrogen and oxygen atoms in total. The summed E-state index contributed by atoms with van der Waals surface area (Å²) >= 11 is 0. The van der Waals surface area contributed by atoms with Gasteiger partial charge >= 0.3 is 0 Å². The van der Waals surface area contributed by atoms with Crippen molar-refractivity contribution in [3.05, 3.63) is 11.9 Å². The minimum absolute atomic E-state index is 0.321. The molecule has 0 bridgehead atoms. The molecular weight excluding hydrogens is 202 g/mol. The van der Waals surface area contributed by atoms with Crippen LogP contribution in [0.25, 0.3) is 0 Å². The Morgan fingerprint density at radius 3 is 2.38 bits per heavy atom. The van der Waals surface area contributed by atoms with Gasteiger partial charge in [0.05, 0.1) is 0 Å². The van der Waals surface area contributed by atoms with Gasteiger partial charge in [-0.25, -0.2) is 15.0 Å². The Bertz CT molecular complexity index is 335. The average Bonchev–Trinajstić information content (AvgIpc) is 2.16. The van der Waals surface area contributed by atoms with E-state index in [2.05, 4.69) is 41.5 Å². The number of hydrazine groups is 1. The summed E-state index contributed by atoms with van der Waals surface area (Å²) in [5, 5.41) is 5.07. The molecule has 90 valence electrons. The summed E-state index contributed by atoms with van der Waals surface area (Å²) in [7, 11) is 3.87. The molecule has 0 unspecified atom stereocenters. The maximum atomic E-state index is 4.45. The quantitative estimate of drug-likeness (QED) is 0.747. The molecule has 0 atom stereocenters. The fourth-order valence-electron chi connectivity index (χ4n) is 1.28. The lowest BCUT2D eigenvalue weighted by molar-refractivity contribution is 0.491. The molecule has 1 aromatic rings. The van der Waals surface area contributed by atoms with Gasteiger partial charge in [-0.1, -0.05) is 13.8 Å². The lowest BCUT2D eigenvalue weighted by Crippen LogP contribution is -2.21. The first kappa shape index (κ1) is 12.7. The first-order valence-corrected chi connectivity index (χ1v) is 5.59. The Labute approximate surface area is 97.3 Å². The van der Waals surface area contributed by atoms with Gasteiger partial charge in [0, 0.05) is 32.6 Å². The first-order chi connectivity index (χ1) is 7.52. The topological polar surface area (TPSA) is 53.1 Å². The van der Waals surface area contributed by atoms with Crippen molar-refractivity contribution in [2.24, 2.45) is 0 Å². The molecule has 0 spiro atoms. The summed E-state index contributed by atoms with van der Waals surface area (Å²) in [6, 6.07) is 1.91. The van der Waals surface area contributed by atoms with E-state index in [0.717, 1.165) is 24.0 Å². The van der Waals surface area contributed by atoms with E-state index in [-0.39, 0.29) is 0 Å². The van der Waals surface area contributed by atoms with Crippen LogP contribution in [0.15, 0.2) is 6.07 Å². The Balaban J connectivity index is 2.98. The average molecular weight is 223 g/mol. The first-order valence-electron chi connectivity index (χ1n) is 5.59. The molecule has 1 aromatic heterocycles. The van der Waals surface area contributed by atoms with E-state index in [9.17, 15) is 0 Å². The molecule has 0 fully saturated rings. The van der Waals surface area contributed by atoms with Gasteiger partial charge in [0.15, 0.2) is 0 Å². The van der Waals surface area contributed by atoms with Crippen LogP contribution in [-0.4, -0.2) is 35.6 Å². The van der Waals surface area contributed by atoms with E-state index in [0.29, 0.717) is 5.92 Å². The summed E-state index contributed by atoms with van der Waals surface area (Å²) in [6.45, 7) is 7.08. The van der Waals surface area contributed by atoms with Crippen LogP contribution in [0, 0.1) is 0 Å². The van der Waals surface area contributed by atoms with Crippen LogP contribution in [0.3, 0.4) is 0 Å². The SMILES string of the molecule is CCNc1cc(NN(C)C)nc(C(C)C)n1. The maximum Gasteiger partial charge on any atom is 0.146 e. The number of anilines is 2. The fourth-order valence-corrected chi connectivity index (χ4v) is 1.28. The molecule has 0 radical (unpaired) electrons. The monoisotopic (exact) mass is 223 g/mol. The number of nitrogens with one attached hydrogen (secondary N) is 2. The van der Waals surface area contributed by atoms with Gasteiger partial charge in [-0.3, -0.25) is 0 Å². The lowest BCUT2D eigenvalue weighted by Gasteiger charge is -2.15. The summed E-state index contributed by atoms with van der Waals surface area (Å²) in [4.78, 5) is 8.90. The van der Waals surface area contributed by atoms with Crippen molar-refractivity contribution in [3.63, 3.8) is 0 Å². The molecule has 1 heterocycles. The molecule has 0 aliphatic carbocycles. The van der Waals surface area contributed by atoms with Crippen molar-refractivity contribution < 1.29 is 0 Å². The Hall–Kier alpha value is -1.36. The number of aromatic nitrogens is 2. The zero-order valence-electron chi connectivity index (χ0n) is 10.7. The Kier molecular flexibility index (Phi) is 4.49. The third-order valence-corrected chi connectivity index (χ3v) is 1.96. The third-order valence-electron chi connectivity index (χ3n) is 1.96. The standard InChI is InChI=1S/C11H21N5/c1-6-12-9-7-10(15-16(4)5)14-11(13-9)8(2)3/h7-8H,6H2,1-5H3,(H2,12,13,14,15). The van der Waals surface area contributed by atoms with Crippen LogP contribution in [-0.2, 0) is 0 Å². The third kappa shape index (κ3) is 3.66. The highest BCUT2D eigenvalue weighted by Crippen LogP contribution is 2.16. The zero-order valence-corrected chi connectivity index (χ0v) is 10.7. The predicted molar refractivity (Wildman–Crippen MR) is 67.6 cm³/mol. The molecule has 2 N–H and O–H groups in total. The van der Waals surface area contributed by atoms with Gasteiger partial charge in [-0.05, 0) is 6.92 Å². The van der Waals surface area contributed by atoms with Crippen LogP contribution in [0.4, 0.5) is 11.6 Å². The summed E-state index contributed by atoms with van der Waals surface area (Å²) < 4.78 is 0. The molecule has 0 aromatic carbocycles. The highest BCUT2D eigenvalue weighted by atomic mass is 15.5. The van der Waals surface area contributed by atoms with Gasteiger partial charge in [0.2, 0.25) is 0 Å². The second-order valence-corrected chi connectivity index (χ2v) is 4.19. The molecule has 0 aliphatic rings. The van der Waals surface area contributed by atoms with Crippen LogP contribution < -0.4 is 10.7 Å². The molecule has 0 saturated heterocycles. The van der Waals surface area contributed by atoms with Crippen LogP contribution in [0.2, 0.25) is 0 Å². The molecule has 0 amide bonds. The molecule has 16 heavy (non-hydrogen) atoms. The molecule has 0 aliphatic heterocycles. The van der Waals surface area contributed by atoms with Crippen LogP contribution >= 0.6 is 0 Å². The summed E-state index contributed by atoms with van der Waals surface area (Å²) in [5.41, 5.74) is 3.14. The minimum Gasteiger partial charge on any atom is -0.370 e. The van der Waals surface area contributed by atoms with Crippen molar-refractivity contribution in [1.82, 2.24) is 15.0 Å². The van der Waals surface area contributed by atoms with Crippen molar-refractivity contribution in [1.29, 1.82) is 0 Å². The molecule has 0 saturated carbocycles. The van der Waals surface area contributed by atoms with E-state index < -0.39 is 0 Å². The smallest absolute Gasteiger partial charge is 0.146 e. The second-order valence-electron chi connectivity index (χ2n) is 4.19. The molecule has 1 rings (SSSR count). The van der Waals surface area contributed by atoms with Gasteiger partial charge < -0.3 is 10.7 Å². The maximum absolute atomic E-state index is 4.45. The van der Waals surface area contributed by atoms with E-state index in [1.165, 1.54) is 0 Å². The highest BCUT2D eigenvalue weighted by molar-refractivity contribution is 5.47. The predicted octanol–water partition coefficient (Wildman–Crippen LogP) is 1.92. The Morgan fingerprint density at radius 1 is 1.25 bits per heavy atom. The van der Waals surface area contributed by atoms with E-state index in [4.69, 9.17) is 0 Å². The van der Waals surface area contributed by atoms with Gasteiger partial charge in [0.25, 0.3) is 0 Å². The van der Waals surface area contributed by atoms with E-state index in [1.54, 1.807) is 0 Å². The lowest BCUT2D eigenvalue weighted by atomic mass is 10.2. The highest BCUT2D eigenvalue weighted by Gasteiger charge is 2.07. The van der Waals surface area contributed by atoms with Crippen molar-refractivity contribution in [2.45, 2.75) is 26.7 Å². The van der Waals surface area contributed by atoms with E-state index >= 15 is 0 Å². The molecule has 5 heteroatoms. The van der Waals surface area contributed by atoms with Crippen LogP contribution in [0.1, 0.15) is 32.5 Å². The van der Waals surface area contributed by atoms with Crippen molar-refractivity contribution in [2.75, 3.05) is 31.4 Å². The minimum atomic E-state index is 0.321.